The van der Waals surface area contributed by atoms with Gasteiger partial charge in [-0.1, -0.05) is 13.8 Å². The van der Waals surface area contributed by atoms with Gasteiger partial charge in [0.25, 0.3) is 0 Å². The zero-order valence-corrected chi connectivity index (χ0v) is 15.9. The molecule has 0 unspecified atom stereocenters. The van der Waals surface area contributed by atoms with Gasteiger partial charge in [0.2, 0.25) is 0 Å². The van der Waals surface area contributed by atoms with Gasteiger partial charge in [-0.3, -0.25) is 0 Å². The molecule has 0 radical (unpaired) electrons. The van der Waals surface area contributed by atoms with Gasteiger partial charge in [-0.25, -0.2) is 9.78 Å². The first-order valence-electron chi connectivity index (χ1n) is 8.39. The monoisotopic (exact) mass is 362 g/mol. The smallest absolute Gasteiger partial charge is 0.337 e. The maximum absolute atomic E-state index is 12.0. The summed E-state index contributed by atoms with van der Waals surface area (Å²) < 4.78 is 0. The average molecular weight is 363 g/mol. The molecular weight excluding hydrogens is 340 g/mol. The first-order chi connectivity index (χ1) is 11.3. The van der Waals surface area contributed by atoms with Crippen molar-refractivity contribution in [1.82, 2.24) is 9.88 Å². The van der Waals surface area contributed by atoms with Crippen molar-refractivity contribution in [2.45, 2.75) is 46.1 Å². The van der Waals surface area contributed by atoms with Crippen LogP contribution in [0.2, 0.25) is 0 Å². The van der Waals surface area contributed by atoms with Crippen LogP contribution in [-0.4, -0.2) is 34.6 Å². The van der Waals surface area contributed by atoms with E-state index in [9.17, 15) is 9.90 Å². The summed E-state index contributed by atoms with van der Waals surface area (Å²) in [4.78, 5) is 22.6. The lowest BCUT2D eigenvalue weighted by Gasteiger charge is -2.29. The number of carbonyl (C=O) groups is 1. The lowest BCUT2D eigenvalue weighted by atomic mass is 9.76. The fraction of sp³-hybridized carbons (Fsp3) is 0.556. The minimum atomic E-state index is -0.800. The van der Waals surface area contributed by atoms with Gasteiger partial charge in [0.05, 0.1) is 16.1 Å². The molecule has 2 aliphatic rings. The molecule has 0 atom stereocenters. The van der Waals surface area contributed by atoms with E-state index in [4.69, 9.17) is 4.98 Å². The molecule has 0 fully saturated rings. The van der Waals surface area contributed by atoms with E-state index < -0.39 is 5.97 Å². The van der Waals surface area contributed by atoms with Crippen LogP contribution in [0.1, 0.15) is 51.6 Å². The summed E-state index contributed by atoms with van der Waals surface area (Å²) in [6, 6.07) is 0. The van der Waals surface area contributed by atoms with Crippen LogP contribution >= 0.6 is 22.7 Å². The second kappa shape index (κ2) is 5.64. The predicted octanol–water partition coefficient (Wildman–Crippen LogP) is 4.07. The Balaban J connectivity index is 1.82. The highest BCUT2D eigenvalue weighted by Crippen LogP contribution is 2.46. The van der Waals surface area contributed by atoms with Crippen molar-refractivity contribution in [3.05, 3.63) is 26.6 Å². The molecule has 3 heterocycles. The van der Waals surface area contributed by atoms with Crippen molar-refractivity contribution in [2.24, 2.45) is 5.41 Å². The van der Waals surface area contributed by atoms with Crippen LogP contribution in [0.3, 0.4) is 0 Å². The number of thiophene rings is 1. The third-order valence-electron chi connectivity index (χ3n) is 5.11. The number of aromatic carboxylic acids is 1. The Morgan fingerprint density at radius 1 is 1.25 bits per heavy atom. The Hall–Kier alpha value is -1.24. The highest BCUT2D eigenvalue weighted by Gasteiger charge is 2.34. The SMILES string of the molecule is CN1CCc2nc(-c3sc4c(c3C(=O)O)CC(C)(C)CC4)sc2C1. The molecule has 0 saturated heterocycles. The third-order valence-corrected chi connectivity index (χ3v) is 7.63. The Labute approximate surface area is 150 Å². The number of nitrogens with zero attached hydrogens (tertiary/aromatic N) is 2. The van der Waals surface area contributed by atoms with E-state index in [1.54, 1.807) is 22.7 Å². The number of hydrogen-bond donors (Lipinski definition) is 1. The topological polar surface area (TPSA) is 53.4 Å². The number of likely N-dealkylation sites (N-methyl/N-ethyl adjacent to an activating group) is 1. The summed E-state index contributed by atoms with van der Waals surface area (Å²) in [6.07, 6.45) is 3.93. The predicted molar refractivity (Wildman–Crippen MR) is 98.2 cm³/mol. The van der Waals surface area contributed by atoms with Gasteiger partial charge >= 0.3 is 5.97 Å². The summed E-state index contributed by atoms with van der Waals surface area (Å²) in [6.45, 7) is 6.41. The van der Waals surface area contributed by atoms with Gasteiger partial charge in [0.1, 0.15) is 5.01 Å². The standard InChI is InChI=1S/C18H22N2O2S2/c1-18(2)6-4-12-10(8-18)14(17(21)22)15(23-12)16-19-11-5-7-20(3)9-13(11)24-16/h4-9H2,1-3H3,(H,21,22). The molecule has 0 saturated carbocycles. The van der Waals surface area contributed by atoms with Crippen molar-refractivity contribution in [3.63, 3.8) is 0 Å². The Morgan fingerprint density at radius 3 is 2.79 bits per heavy atom. The zero-order valence-electron chi connectivity index (χ0n) is 14.3. The zero-order chi connectivity index (χ0) is 17.1. The van der Waals surface area contributed by atoms with E-state index in [0.29, 0.717) is 5.56 Å². The molecule has 1 N–H and O–H groups in total. The molecule has 4 nitrogen and oxygen atoms in total. The fourth-order valence-electron chi connectivity index (χ4n) is 3.72. The van der Waals surface area contributed by atoms with Crippen molar-refractivity contribution in [3.8, 4) is 9.88 Å². The molecule has 0 amide bonds. The number of carboxylic acids is 1. The molecule has 2 aromatic heterocycles. The fourth-order valence-corrected chi connectivity index (χ4v) is 6.30. The summed E-state index contributed by atoms with van der Waals surface area (Å²) in [5.41, 5.74) is 2.92. The van der Waals surface area contributed by atoms with E-state index in [-0.39, 0.29) is 5.41 Å². The number of hydrogen-bond acceptors (Lipinski definition) is 5. The van der Waals surface area contributed by atoms with Crippen LogP contribution in [0.4, 0.5) is 0 Å². The second-order valence-electron chi connectivity index (χ2n) is 7.73. The van der Waals surface area contributed by atoms with Crippen LogP contribution in [0, 0.1) is 5.41 Å². The van der Waals surface area contributed by atoms with Gasteiger partial charge in [0.15, 0.2) is 0 Å². The molecule has 0 spiro atoms. The van der Waals surface area contributed by atoms with E-state index in [1.165, 1.54) is 9.75 Å². The number of thiazole rings is 1. The van der Waals surface area contributed by atoms with Crippen LogP contribution in [0.15, 0.2) is 0 Å². The molecule has 1 aliphatic heterocycles. The maximum atomic E-state index is 12.0. The van der Waals surface area contributed by atoms with Crippen molar-refractivity contribution >= 4 is 28.6 Å². The minimum absolute atomic E-state index is 0.181. The molecule has 128 valence electrons. The molecule has 0 bridgehead atoms. The van der Waals surface area contributed by atoms with Gasteiger partial charge in [-0.05, 0) is 37.3 Å². The van der Waals surface area contributed by atoms with E-state index in [2.05, 4.69) is 25.8 Å². The lowest BCUT2D eigenvalue weighted by Crippen LogP contribution is -2.25. The Bertz CT molecular complexity index is 819. The summed E-state index contributed by atoms with van der Waals surface area (Å²) in [5, 5.41) is 10.8. The minimum Gasteiger partial charge on any atom is -0.478 e. The van der Waals surface area contributed by atoms with E-state index in [1.807, 2.05) is 0 Å². The van der Waals surface area contributed by atoms with Crippen LogP contribution in [-0.2, 0) is 25.8 Å². The van der Waals surface area contributed by atoms with E-state index >= 15 is 0 Å². The number of carboxylic acid groups (broad SMARTS) is 1. The van der Waals surface area contributed by atoms with Crippen molar-refractivity contribution in [2.75, 3.05) is 13.6 Å². The van der Waals surface area contributed by atoms with Crippen LogP contribution in [0.25, 0.3) is 9.88 Å². The van der Waals surface area contributed by atoms with Crippen LogP contribution < -0.4 is 0 Å². The molecule has 24 heavy (non-hydrogen) atoms. The van der Waals surface area contributed by atoms with Crippen molar-refractivity contribution < 1.29 is 9.90 Å². The first kappa shape index (κ1) is 16.2. The van der Waals surface area contributed by atoms with Gasteiger partial charge in [0, 0.05) is 29.3 Å². The summed E-state index contributed by atoms with van der Waals surface area (Å²) >= 11 is 3.34. The largest absolute Gasteiger partial charge is 0.478 e. The molecule has 1 aliphatic carbocycles. The van der Waals surface area contributed by atoms with Gasteiger partial charge in [-0.2, -0.15) is 0 Å². The molecule has 0 aromatic carbocycles. The first-order valence-corrected chi connectivity index (χ1v) is 10.0. The van der Waals surface area contributed by atoms with Gasteiger partial charge < -0.3 is 10.0 Å². The molecule has 2 aromatic rings. The third kappa shape index (κ3) is 2.70. The number of aryl methyl sites for hydroxylation is 1. The quantitative estimate of drug-likeness (QED) is 0.875. The number of aromatic nitrogens is 1. The van der Waals surface area contributed by atoms with Crippen molar-refractivity contribution in [1.29, 1.82) is 0 Å². The molecular formula is C18H22N2O2S2. The molecule has 4 rings (SSSR count). The highest BCUT2D eigenvalue weighted by atomic mass is 32.1. The maximum Gasteiger partial charge on any atom is 0.337 e. The normalized spacial score (nSPS) is 19.8. The summed E-state index contributed by atoms with van der Waals surface area (Å²) in [7, 11) is 2.12. The lowest BCUT2D eigenvalue weighted by molar-refractivity contribution is 0.0696. The second-order valence-corrected chi connectivity index (χ2v) is 9.92. The van der Waals surface area contributed by atoms with Crippen LogP contribution in [0.5, 0.6) is 0 Å². The summed E-state index contributed by atoms with van der Waals surface area (Å²) in [5.74, 6) is -0.800. The Morgan fingerprint density at radius 2 is 2.04 bits per heavy atom. The Kier molecular flexibility index (Phi) is 3.82. The van der Waals surface area contributed by atoms with Gasteiger partial charge in [-0.15, -0.1) is 22.7 Å². The highest BCUT2D eigenvalue weighted by molar-refractivity contribution is 7.22. The number of fused-ring (bicyclic) bond motifs is 2. The van der Waals surface area contributed by atoms with E-state index in [0.717, 1.165) is 59.9 Å². The molecule has 6 heteroatoms. The number of rotatable bonds is 2. The average Bonchev–Trinajstić information content (AvgIpc) is 3.05.